The molecule has 0 aromatic heterocycles. The average Bonchev–Trinajstić information content (AvgIpc) is 2.59. The third-order valence-corrected chi connectivity index (χ3v) is 4.18. The molecular weight excluding hydrogens is 408 g/mol. The van der Waals surface area contributed by atoms with E-state index in [0.717, 1.165) is 16.1 Å². The molecule has 0 radical (unpaired) electrons. The maximum Gasteiger partial charge on any atom is 0.339 e. The number of nitrogens with zero attached hydrogens (tertiary/aromatic N) is 2. The van der Waals surface area contributed by atoms with Gasteiger partial charge < -0.3 is 15.2 Å². The van der Waals surface area contributed by atoms with Gasteiger partial charge in [0, 0.05) is 21.8 Å². The molecule has 9 nitrogen and oxygen atoms in total. The zero-order valence-electron chi connectivity index (χ0n) is 13.8. The minimum absolute atomic E-state index is 0.0737. The normalized spacial score (nSPS) is 10.6. The smallest absolute Gasteiger partial charge is 0.339 e. The Kier molecular flexibility index (Phi) is 6.12. The Hall–Kier alpha value is -3.14. The molecule has 3 N–H and O–H groups in total. The van der Waals surface area contributed by atoms with Crippen molar-refractivity contribution in [1.82, 2.24) is 5.43 Å². The molecule has 136 valence electrons. The van der Waals surface area contributed by atoms with Crippen LogP contribution >= 0.6 is 15.9 Å². The Bertz CT molecular complexity index is 885. The van der Waals surface area contributed by atoms with Gasteiger partial charge in [-0.2, -0.15) is 5.10 Å². The number of ether oxygens (including phenoxy) is 1. The van der Waals surface area contributed by atoms with Crippen LogP contribution in [0.25, 0.3) is 0 Å². The lowest BCUT2D eigenvalue weighted by atomic mass is 10.2. The van der Waals surface area contributed by atoms with Crippen molar-refractivity contribution in [3.63, 3.8) is 0 Å². The molecule has 0 unspecified atom stereocenters. The Labute approximate surface area is 157 Å². The lowest BCUT2D eigenvalue weighted by Crippen LogP contribution is -2.24. The number of halogens is 1. The van der Waals surface area contributed by atoms with Crippen molar-refractivity contribution in [2.75, 3.05) is 12.4 Å². The second kappa shape index (κ2) is 8.30. The summed E-state index contributed by atoms with van der Waals surface area (Å²) in [7, 11) is 1.27. The monoisotopic (exact) mass is 422 g/mol. The number of amides is 2. The largest absolute Gasteiger partial charge is 0.500 e. The van der Waals surface area contributed by atoms with Crippen LogP contribution in [0.2, 0.25) is 0 Å². The van der Waals surface area contributed by atoms with E-state index in [1.54, 1.807) is 18.2 Å². The third kappa shape index (κ3) is 4.70. The molecular formula is C16H15BrN4O5. The maximum atomic E-state index is 11.8. The highest BCUT2D eigenvalue weighted by molar-refractivity contribution is 9.10. The molecule has 0 aliphatic carbocycles. The molecule has 0 spiro atoms. The summed E-state index contributed by atoms with van der Waals surface area (Å²) in [5.41, 5.74) is 3.53. The SMILES string of the molecule is COc1cc(/C=N/NC(=O)Nc2ccc(Br)c(C)c2)cc([N+](=O)[O-])c1O. The van der Waals surface area contributed by atoms with Crippen molar-refractivity contribution >= 4 is 39.6 Å². The van der Waals surface area contributed by atoms with Gasteiger partial charge in [-0.3, -0.25) is 10.1 Å². The highest BCUT2D eigenvalue weighted by Gasteiger charge is 2.19. The van der Waals surface area contributed by atoms with Crippen molar-refractivity contribution in [1.29, 1.82) is 0 Å². The van der Waals surface area contributed by atoms with Gasteiger partial charge in [-0.05, 0) is 36.8 Å². The van der Waals surface area contributed by atoms with Crippen LogP contribution < -0.4 is 15.5 Å². The Morgan fingerprint density at radius 3 is 2.73 bits per heavy atom. The van der Waals surface area contributed by atoms with E-state index in [9.17, 15) is 20.0 Å². The first kappa shape index (κ1) is 19.2. The summed E-state index contributed by atoms with van der Waals surface area (Å²) in [6.45, 7) is 1.89. The summed E-state index contributed by atoms with van der Waals surface area (Å²) in [4.78, 5) is 22.0. The van der Waals surface area contributed by atoms with Crippen LogP contribution in [0.1, 0.15) is 11.1 Å². The number of nitrogens with one attached hydrogen (secondary N) is 2. The van der Waals surface area contributed by atoms with Crippen LogP contribution in [0.15, 0.2) is 39.9 Å². The number of nitro benzene ring substituents is 1. The predicted molar refractivity (Wildman–Crippen MR) is 99.9 cm³/mol. The van der Waals surface area contributed by atoms with E-state index in [1.807, 2.05) is 6.92 Å². The first-order chi connectivity index (χ1) is 12.3. The molecule has 26 heavy (non-hydrogen) atoms. The van der Waals surface area contributed by atoms with Crippen LogP contribution in [-0.2, 0) is 0 Å². The average molecular weight is 423 g/mol. The number of benzene rings is 2. The van der Waals surface area contributed by atoms with E-state index in [2.05, 4.69) is 31.8 Å². The highest BCUT2D eigenvalue weighted by Crippen LogP contribution is 2.36. The number of aromatic hydroxyl groups is 1. The van der Waals surface area contributed by atoms with Crippen LogP contribution in [0, 0.1) is 17.0 Å². The number of urea groups is 1. The highest BCUT2D eigenvalue weighted by atomic mass is 79.9. The fraction of sp³-hybridized carbons (Fsp3) is 0.125. The molecule has 2 amide bonds. The summed E-state index contributed by atoms with van der Waals surface area (Å²) in [5, 5.41) is 27.0. The van der Waals surface area contributed by atoms with Gasteiger partial charge >= 0.3 is 11.7 Å². The lowest BCUT2D eigenvalue weighted by Gasteiger charge is -2.06. The number of hydrazone groups is 1. The molecule has 10 heteroatoms. The second-order valence-electron chi connectivity index (χ2n) is 5.14. The van der Waals surface area contributed by atoms with E-state index in [-0.39, 0.29) is 11.3 Å². The van der Waals surface area contributed by atoms with E-state index < -0.39 is 22.4 Å². The van der Waals surface area contributed by atoms with Gasteiger partial charge in [0.15, 0.2) is 5.75 Å². The number of rotatable bonds is 5. The summed E-state index contributed by atoms with van der Waals surface area (Å²) in [6.07, 6.45) is 1.20. The Morgan fingerprint density at radius 2 is 2.12 bits per heavy atom. The number of anilines is 1. The molecule has 0 bridgehead atoms. The van der Waals surface area contributed by atoms with Gasteiger partial charge in [0.25, 0.3) is 0 Å². The molecule has 0 heterocycles. The molecule has 0 aliphatic heterocycles. The predicted octanol–water partition coefficient (Wildman–Crippen LogP) is 3.54. The number of hydrogen-bond donors (Lipinski definition) is 3. The lowest BCUT2D eigenvalue weighted by molar-refractivity contribution is -0.386. The zero-order chi connectivity index (χ0) is 19.3. The van der Waals surface area contributed by atoms with E-state index in [4.69, 9.17) is 4.74 Å². The summed E-state index contributed by atoms with van der Waals surface area (Å²) < 4.78 is 5.80. The first-order valence-corrected chi connectivity index (χ1v) is 8.02. The van der Waals surface area contributed by atoms with Crippen LogP contribution in [0.3, 0.4) is 0 Å². The summed E-state index contributed by atoms with van der Waals surface area (Å²) >= 11 is 3.37. The fourth-order valence-corrected chi connectivity index (χ4v) is 2.28. The fourth-order valence-electron chi connectivity index (χ4n) is 2.03. The van der Waals surface area contributed by atoms with Gasteiger partial charge in [-0.25, -0.2) is 10.2 Å². The van der Waals surface area contributed by atoms with Gasteiger partial charge in [0.1, 0.15) is 0 Å². The molecule has 0 fully saturated rings. The van der Waals surface area contributed by atoms with Crippen molar-refractivity contribution in [2.24, 2.45) is 5.10 Å². The van der Waals surface area contributed by atoms with Crippen molar-refractivity contribution < 1.29 is 19.6 Å². The van der Waals surface area contributed by atoms with E-state index in [1.165, 1.54) is 19.4 Å². The van der Waals surface area contributed by atoms with Crippen molar-refractivity contribution in [3.8, 4) is 11.5 Å². The van der Waals surface area contributed by atoms with Crippen molar-refractivity contribution in [2.45, 2.75) is 6.92 Å². The second-order valence-corrected chi connectivity index (χ2v) is 5.99. The minimum Gasteiger partial charge on any atom is -0.500 e. The summed E-state index contributed by atoms with van der Waals surface area (Å²) in [6, 6.07) is 7.18. The zero-order valence-corrected chi connectivity index (χ0v) is 15.4. The number of nitro groups is 1. The summed E-state index contributed by atoms with van der Waals surface area (Å²) in [5.74, 6) is -0.651. The topological polar surface area (TPSA) is 126 Å². The minimum atomic E-state index is -0.745. The van der Waals surface area contributed by atoms with Gasteiger partial charge in [-0.15, -0.1) is 0 Å². The number of methoxy groups -OCH3 is 1. The molecule has 0 atom stereocenters. The first-order valence-electron chi connectivity index (χ1n) is 7.23. The molecule has 2 aromatic rings. The standard InChI is InChI=1S/C16H15BrN4O5/c1-9-5-11(3-4-12(9)17)19-16(23)20-18-8-10-6-13(21(24)25)15(22)14(7-10)26-2/h3-8,22H,1-2H3,(H2,19,20,23)/b18-8+. The van der Waals surface area contributed by atoms with Gasteiger partial charge in [-0.1, -0.05) is 15.9 Å². The number of phenols is 1. The Balaban J connectivity index is 2.07. The number of hydrogen-bond acceptors (Lipinski definition) is 6. The maximum absolute atomic E-state index is 11.8. The molecule has 0 saturated carbocycles. The number of carbonyl (C=O) groups is 1. The van der Waals surface area contributed by atoms with Crippen LogP contribution in [0.4, 0.5) is 16.2 Å². The number of phenolic OH excluding ortho intramolecular Hbond substituents is 1. The molecule has 0 saturated heterocycles. The van der Waals surface area contributed by atoms with Gasteiger partial charge in [0.05, 0.1) is 18.2 Å². The molecule has 2 rings (SSSR count). The number of aryl methyl sites for hydroxylation is 1. The van der Waals surface area contributed by atoms with E-state index in [0.29, 0.717) is 5.69 Å². The Morgan fingerprint density at radius 1 is 1.38 bits per heavy atom. The van der Waals surface area contributed by atoms with Gasteiger partial charge in [0.2, 0.25) is 5.75 Å². The van der Waals surface area contributed by atoms with Crippen molar-refractivity contribution in [3.05, 3.63) is 56.0 Å². The van der Waals surface area contributed by atoms with Crippen LogP contribution in [-0.4, -0.2) is 29.4 Å². The third-order valence-electron chi connectivity index (χ3n) is 3.29. The number of carbonyl (C=O) groups excluding carboxylic acids is 1. The molecule has 2 aromatic carbocycles. The molecule has 0 aliphatic rings. The van der Waals surface area contributed by atoms with Crippen LogP contribution in [0.5, 0.6) is 11.5 Å². The van der Waals surface area contributed by atoms with E-state index >= 15 is 0 Å². The quantitative estimate of drug-likeness (QED) is 0.385.